The van der Waals surface area contributed by atoms with Crippen molar-refractivity contribution in [1.82, 2.24) is 10.6 Å². The van der Waals surface area contributed by atoms with E-state index in [1.807, 2.05) is 13.8 Å². The van der Waals surface area contributed by atoms with Crippen LogP contribution in [0.2, 0.25) is 0 Å². The summed E-state index contributed by atoms with van der Waals surface area (Å²) in [7, 11) is 0. The fourth-order valence-electron chi connectivity index (χ4n) is 1.63. The zero-order chi connectivity index (χ0) is 14.3. The van der Waals surface area contributed by atoms with Crippen molar-refractivity contribution in [3.05, 3.63) is 35.4 Å². The molecule has 2 amide bonds. The third-order valence-corrected chi connectivity index (χ3v) is 3.32. The van der Waals surface area contributed by atoms with E-state index in [2.05, 4.69) is 41.8 Å². The highest BCUT2D eigenvalue weighted by Crippen LogP contribution is 2.03. The Kier molecular flexibility index (Phi) is 6.36. The first-order chi connectivity index (χ1) is 9.02. The molecule has 3 N–H and O–H groups in total. The molecule has 0 spiro atoms. The lowest BCUT2D eigenvalue weighted by Crippen LogP contribution is -2.44. The number of carbonyl (C=O) groups excluding carboxylic acids is 1. The molecule has 2 atom stereocenters. The monoisotopic (exact) mass is 264 g/mol. The number of amides is 2. The van der Waals surface area contributed by atoms with Crippen molar-refractivity contribution >= 4 is 6.03 Å². The van der Waals surface area contributed by atoms with Crippen molar-refractivity contribution in [1.29, 1.82) is 0 Å². The van der Waals surface area contributed by atoms with Crippen LogP contribution in [0, 0.1) is 12.8 Å². The quantitative estimate of drug-likeness (QED) is 0.734. The van der Waals surface area contributed by atoms with Crippen molar-refractivity contribution in [2.75, 3.05) is 13.2 Å². The fraction of sp³-hybridized carbons (Fsp3) is 0.533. The van der Waals surface area contributed by atoms with Crippen molar-refractivity contribution in [3.63, 3.8) is 0 Å². The largest absolute Gasteiger partial charge is 0.396 e. The summed E-state index contributed by atoms with van der Waals surface area (Å²) in [4.78, 5) is 11.6. The molecule has 0 aliphatic carbocycles. The van der Waals surface area contributed by atoms with Crippen LogP contribution in [0.1, 0.15) is 25.0 Å². The zero-order valence-electron chi connectivity index (χ0n) is 11.9. The minimum Gasteiger partial charge on any atom is -0.396 e. The maximum atomic E-state index is 11.6. The van der Waals surface area contributed by atoms with Gasteiger partial charge in [0.1, 0.15) is 0 Å². The Labute approximate surface area is 115 Å². The molecule has 0 aliphatic rings. The molecule has 0 saturated carbocycles. The average molecular weight is 264 g/mol. The van der Waals surface area contributed by atoms with Crippen LogP contribution in [0.25, 0.3) is 0 Å². The molecule has 2 unspecified atom stereocenters. The molecular weight excluding hydrogens is 240 g/mol. The van der Waals surface area contributed by atoms with E-state index in [1.54, 1.807) is 0 Å². The summed E-state index contributed by atoms with van der Waals surface area (Å²) in [6.45, 7) is 6.52. The van der Waals surface area contributed by atoms with Crippen molar-refractivity contribution < 1.29 is 9.90 Å². The molecule has 0 fully saturated rings. The van der Waals surface area contributed by atoms with Gasteiger partial charge in [0.05, 0.1) is 0 Å². The maximum absolute atomic E-state index is 11.6. The summed E-state index contributed by atoms with van der Waals surface area (Å²) < 4.78 is 0. The van der Waals surface area contributed by atoms with Gasteiger partial charge in [-0.3, -0.25) is 0 Å². The first kappa shape index (κ1) is 15.5. The number of urea groups is 1. The fourth-order valence-corrected chi connectivity index (χ4v) is 1.63. The lowest BCUT2D eigenvalue weighted by atomic mass is 10.1. The molecule has 0 bridgehead atoms. The van der Waals surface area contributed by atoms with Crippen LogP contribution in [0.15, 0.2) is 24.3 Å². The number of aryl methyl sites for hydroxylation is 1. The number of hydrogen-bond donors (Lipinski definition) is 3. The number of benzene rings is 1. The molecule has 0 saturated heterocycles. The van der Waals surface area contributed by atoms with Crippen LogP contribution in [0.5, 0.6) is 0 Å². The second-order valence-corrected chi connectivity index (χ2v) is 5.08. The topological polar surface area (TPSA) is 61.4 Å². The van der Waals surface area contributed by atoms with Gasteiger partial charge in [0.15, 0.2) is 0 Å². The Hall–Kier alpha value is -1.55. The molecule has 1 rings (SSSR count). The standard InChI is InChI=1S/C15H24N2O2/c1-11-4-6-14(7-5-11)8-9-16-15(19)17-13(3)12(2)10-18/h4-7,12-13,18H,8-10H2,1-3H3,(H2,16,17,19). The van der Waals surface area contributed by atoms with E-state index in [4.69, 9.17) is 5.11 Å². The average Bonchev–Trinajstić information content (AvgIpc) is 2.40. The van der Waals surface area contributed by atoms with Crippen LogP contribution in [-0.4, -0.2) is 30.3 Å². The molecule has 4 heteroatoms. The van der Waals surface area contributed by atoms with Gasteiger partial charge < -0.3 is 15.7 Å². The van der Waals surface area contributed by atoms with Gasteiger partial charge in [-0.25, -0.2) is 4.79 Å². The highest BCUT2D eigenvalue weighted by Gasteiger charge is 2.13. The van der Waals surface area contributed by atoms with E-state index in [9.17, 15) is 4.79 Å². The smallest absolute Gasteiger partial charge is 0.315 e. The molecule has 0 radical (unpaired) electrons. The molecule has 4 nitrogen and oxygen atoms in total. The lowest BCUT2D eigenvalue weighted by molar-refractivity contribution is 0.200. The van der Waals surface area contributed by atoms with E-state index < -0.39 is 0 Å². The highest BCUT2D eigenvalue weighted by atomic mass is 16.3. The zero-order valence-corrected chi connectivity index (χ0v) is 11.9. The van der Waals surface area contributed by atoms with Gasteiger partial charge in [-0.15, -0.1) is 0 Å². The van der Waals surface area contributed by atoms with E-state index in [-0.39, 0.29) is 24.6 Å². The van der Waals surface area contributed by atoms with Crippen LogP contribution in [-0.2, 0) is 6.42 Å². The van der Waals surface area contributed by atoms with Crippen LogP contribution in [0.3, 0.4) is 0 Å². The van der Waals surface area contributed by atoms with E-state index in [0.717, 1.165) is 6.42 Å². The Bertz CT molecular complexity index is 390. The first-order valence-electron chi connectivity index (χ1n) is 6.73. The second-order valence-electron chi connectivity index (χ2n) is 5.08. The minimum absolute atomic E-state index is 0.0376. The van der Waals surface area contributed by atoms with Gasteiger partial charge in [-0.1, -0.05) is 36.8 Å². The number of aliphatic hydroxyl groups excluding tert-OH is 1. The highest BCUT2D eigenvalue weighted by molar-refractivity contribution is 5.74. The van der Waals surface area contributed by atoms with Crippen molar-refractivity contribution in [3.8, 4) is 0 Å². The number of hydrogen-bond acceptors (Lipinski definition) is 2. The van der Waals surface area contributed by atoms with Crippen LogP contribution >= 0.6 is 0 Å². The van der Waals surface area contributed by atoms with Crippen molar-refractivity contribution in [2.24, 2.45) is 5.92 Å². The Morgan fingerprint density at radius 1 is 1.26 bits per heavy atom. The van der Waals surface area contributed by atoms with Gasteiger partial charge >= 0.3 is 6.03 Å². The summed E-state index contributed by atoms with van der Waals surface area (Å²) in [5.74, 6) is 0.0582. The normalized spacial score (nSPS) is 13.7. The number of nitrogens with one attached hydrogen (secondary N) is 2. The molecule has 0 heterocycles. The van der Waals surface area contributed by atoms with Gasteiger partial charge in [0.2, 0.25) is 0 Å². The number of rotatable bonds is 6. The van der Waals surface area contributed by atoms with Crippen LogP contribution < -0.4 is 10.6 Å². The SMILES string of the molecule is Cc1ccc(CCNC(=O)NC(C)C(C)CO)cc1. The third kappa shape index (κ3) is 5.75. The summed E-state index contributed by atoms with van der Waals surface area (Å²) in [6, 6.07) is 8.07. The Balaban J connectivity index is 2.25. The van der Waals surface area contributed by atoms with Gasteiger partial charge in [0.25, 0.3) is 0 Å². The Morgan fingerprint density at radius 3 is 2.47 bits per heavy atom. The van der Waals surface area contributed by atoms with Crippen molar-refractivity contribution in [2.45, 2.75) is 33.2 Å². The summed E-state index contributed by atoms with van der Waals surface area (Å²) >= 11 is 0. The van der Waals surface area contributed by atoms with Gasteiger partial charge in [0, 0.05) is 19.2 Å². The van der Waals surface area contributed by atoms with Gasteiger partial charge in [-0.2, -0.15) is 0 Å². The molecular formula is C15H24N2O2. The predicted molar refractivity (Wildman–Crippen MR) is 77.1 cm³/mol. The van der Waals surface area contributed by atoms with E-state index >= 15 is 0 Å². The first-order valence-corrected chi connectivity index (χ1v) is 6.73. The molecule has 19 heavy (non-hydrogen) atoms. The second kappa shape index (κ2) is 7.79. The maximum Gasteiger partial charge on any atom is 0.315 e. The number of aliphatic hydroxyl groups is 1. The summed E-state index contributed by atoms with van der Waals surface area (Å²) in [6.07, 6.45) is 0.817. The minimum atomic E-state index is -0.181. The molecule has 1 aromatic rings. The lowest BCUT2D eigenvalue weighted by Gasteiger charge is -2.19. The summed E-state index contributed by atoms with van der Waals surface area (Å²) in [5, 5.41) is 14.6. The van der Waals surface area contributed by atoms with E-state index in [0.29, 0.717) is 6.54 Å². The molecule has 106 valence electrons. The van der Waals surface area contributed by atoms with Gasteiger partial charge in [-0.05, 0) is 31.7 Å². The predicted octanol–water partition coefficient (Wildman–Crippen LogP) is 1.85. The third-order valence-electron chi connectivity index (χ3n) is 3.32. The number of carbonyl (C=O) groups is 1. The molecule has 0 aromatic heterocycles. The van der Waals surface area contributed by atoms with Crippen LogP contribution in [0.4, 0.5) is 4.79 Å². The molecule has 0 aliphatic heterocycles. The van der Waals surface area contributed by atoms with E-state index in [1.165, 1.54) is 11.1 Å². The molecule has 1 aromatic carbocycles. The Morgan fingerprint density at radius 2 is 1.89 bits per heavy atom. The summed E-state index contributed by atoms with van der Waals surface area (Å²) in [5.41, 5.74) is 2.45.